The number of hydrogen-bond acceptors (Lipinski definition) is 3. The molecule has 0 aliphatic rings. The molecular weight excluding hydrogens is 380 g/mol. The third-order valence-corrected chi connectivity index (χ3v) is 5.29. The summed E-state index contributed by atoms with van der Waals surface area (Å²) < 4.78 is 2.13. The summed E-state index contributed by atoms with van der Waals surface area (Å²) in [6.07, 6.45) is 5.99. The van der Waals surface area contributed by atoms with E-state index >= 15 is 0 Å². The Morgan fingerprint density at radius 1 is 0.897 bits per heavy atom. The Hall–Kier alpha value is -2.85. The van der Waals surface area contributed by atoms with Crippen LogP contribution in [0.4, 0.5) is 5.82 Å². The minimum absolute atomic E-state index is 0.723. The zero-order valence-corrected chi connectivity index (χ0v) is 17.6. The highest BCUT2D eigenvalue weighted by Crippen LogP contribution is 2.36. The second kappa shape index (κ2) is 8.66. The van der Waals surface area contributed by atoms with Gasteiger partial charge >= 0.3 is 0 Å². The van der Waals surface area contributed by atoms with Gasteiger partial charge in [0.2, 0.25) is 0 Å². The van der Waals surface area contributed by atoms with Crippen molar-refractivity contribution >= 4 is 28.5 Å². The molecule has 0 unspecified atom stereocenters. The molecule has 0 saturated carbocycles. The van der Waals surface area contributed by atoms with Crippen molar-refractivity contribution in [1.82, 2.24) is 14.5 Å². The fourth-order valence-corrected chi connectivity index (χ4v) is 3.91. The second-order valence-electron chi connectivity index (χ2n) is 7.14. The minimum atomic E-state index is 0.723. The molecule has 4 nitrogen and oxygen atoms in total. The summed E-state index contributed by atoms with van der Waals surface area (Å²) in [6.45, 7) is 6.36. The smallest absolute Gasteiger partial charge is 0.150 e. The van der Waals surface area contributed by atoms with Gasteiger partial charge in [-0.3, -0.25) is 0 Å². The van der Waals surface area contributed by atoms with Gasteiger partial charge < -0.3 is 9.47 Å². The summed E-state index contributed by atoms with van der Waals surface area (Å²) in [5.74, 6) is 1.00. The molecule has 29 heavy (non-hydrogen) atoms. The van der Waals surface area contributed by atoms with Crippen LogP contribution in [0.5, 0.6) is 0 Å². The molecule has 2 heterocycles. The predicted octanol–water partition coefficient (Wildman–Crippen LogP) is 6.37. The molecule has 0 bridgehead atoms. The Kier molecular flexibility index (Phi) is 5.81. The maximum absolute atomic E-state index is 6.11. The Morgan fingerprint density at radius 3 is 2.24 bits per heavy atom. The molecule has 0 amide bonds. The van der Waals surface area contributed by atoms with Gasteiger partial charge in [-0.1, -0.05) is 55.8 Å². The lowest BCUT2D eigenvalue weighted by Gasteiger charge is -2.23. The lowest BCUT2D eigenvalue weighted by molar-refractivity contribution is 0.736. The lowest BCUT2D eigenvalue weighted by Crippen LogP contribution is -2.26. The summed E-state index contributed by atoms with van der Waals surface area (Å²) in [6, 6.07) is 18.3. The summed E-state index contributed by atoms with van der Waals surface area (Å²) >= 11 is 6.11. The first-order chi connectivity index (χ1) is 14.2. The molecule has 5 heteroatoms. The quantitative estimate of drug-likeness (QED) is 0.359. The van der Waals surface area contributed by atoms with E-state index in [-0.39, 0.29) is 0 Å². The molecule has 0 aliphatic carbocycles. The van der Waals surface area contributed by atoms with E-state index in [0.29, 0.717) is 0 Å². The fraction of sp³-hybridized carbons (Fsp3) is 0.250. The van der Waals surface area contributed by atoms with Crippen molar-refractivity contribution in [3.63, 3.8) is 0 Å². The van der Waals surface area contributed by atoms with Crippen LogP contribution in [0.1, 0.15) is 26.7 Å². The first-order valence-corrected chi connectivity index (χ1v) is 10.5. The third kappa shape index (κ3) is 3.85. The topological polar surface area (TPSA) is 34.0 Å². The van der Waals surface area contributed by atoms with Crippen LogP contribution in [0, 0.1) is 0 Å². The van der Waals surface area contributed by atoms with Crippen LogP contribution in [0.2, 0.25) is 5.02 Å². The molecule has 4 rings (SSSR count). The van der Waals surface area contributed by atoms with Gasteiger partial charge in [0.05, 0.1) is 5.39 Å². The Balaban J connectivity index is 1.99. The van der Waals surface area contributed by atoms with Crippen molar-refractivity contribution in [1.29, 1.82) is 0 Å². The van der Waals surface area contributed by atoms with E-state index in [4.69, 9.17) is 16.6 Å². The van der Waals surface area contributed by atoms with Gasteiger partial charge in [-0.25, -0.2) is 9.97 Å². The molecule has 0 N–H and O–H groups in total. The average molecular weight is 405 g/mol. The standard InChI is InChI=1S/C24H25ClN4/c1-3-14-28(15-4-2)23-22-21(18-8-6-5-7-9-18)16-29(24(22)27-17-26-23)20-12-10-19(25)11-13-20/h5-13,16-17H,3-4,14-15H2,1-2H3. The maximum Gasteiger partial charge on any atom is 0.150 e. The highest BCUT2D eigenvalue weighted by atomic mass is 35.5. The molecule has 2 aromatic heterocycles. The Morgan fingerprint density at radius 2 is 1.59 bits per heavy atom. The van der Waals surface area contributed by atoms with Crippen LogP contribution in [0.25, 0.3) is 27.8 Å². The summed E-state index contributed by atoms with van der Waals surface area (Å²) in [5, 5.41) is 1.82. The van der Waals surface area contributed by atoms with Crippen molar-refractivity contribution < 1.29 is 0 Å². The Labute approximate surface area is 176 Å². The number of nitrogens with zero attached hydrogens (tertiary/aromatic N) is 4. The Bertz CT molecular complexity index is 1080. The first kappa shape index (κ1) is 19.5. The van der Waals surface area contributed by atoms with Crippen LogP contribution in [-0.4, -0.2) is 27.6 Å². The van der Waals surface area contributed by atoms with Crippen molar-refractivity contribution in [3.05, 3.63) is 72.1 Å². The van der Waals surface area contributed by atoms with Gasteiger partial charge in [-0.15, -0.1) is 0 Å². The maximum atomic E-state index is 6.11. The number of anilines is 1. The predicted molar refractivity (Wildman–Crippen MR) is 122 cm³/mol. The third-order valence-electron chi connectivity index (χ3n) is 5.04. The van der Waals surface area contributed by atoms with E-state index in [1.54, 1.807) is 6.33 Å². The summed E-state index contributed by atoms with van der Waals surface area (Å²) in [4.78, 5) is 11.8. The monoisotopic (exact) mass is 404 g/mol. The molecule has 0 radical (unpaired) electrons. The van der Waals surface area contributed by atoms with Crippen molar-refractivity contribution in [2.24, 2.45) is 0 Å². The van der Waals surface area contributed by atoms with E-state index in [0.717, 1.165) is 64.6 Å². The molecule has 0 atom stereocenters. The summed E-state index contributed by atoms with van der Waals surface area (Å²) in [5.41, 5.74) is 4.25. The van der Waals surface area contributed by atoms with Crippen LogP contribution < -0.4 is 4.90 Å². The molecule has 0 spiro atoms. The number of hydrogen-bond donors (Lipinski definition) is 0. The van der Waals surface area contributed by atoms with E-state index in [2.05, 4.69) is 58.8 Å². The number of benzene rings is 2. The van der Waals surface area contributed by atoms with Gasteiger partial charge in [0, 0.05) is 35.6 Å². The zero-order chi connectivity index (χ0) is 20.2. The van der Waals surface area contributed by atoms with E-state index in [9.17, 15) is 0 Å². The normalized spacial score (nSPS) is 11.1. The minimum Gasteiger partial charge on any atom is -0.356 e. The van der Waals surface area contributed by atoms with Crippen LogP contribution in [-0.2, 0) is 0 Å². The number of aromatic nitrogens is 3. The largest absolute Gasteiger partial charge is 0.356 e. The van der Waals surface area contributed by atoms with Gasteiger partial charge in [-0.05, 0) is 42.7 Å². The lowest BCUT2D eigenvalue weighted by atomic mass is 10.1. The SMILES string of the molecule is CCCN(CCC)c1ncnc2c1c(-c1ccccc1)cn2-c1ccc(Cl)cc1. The molecule has 0 aliphatic heterocycles. The van der Waals surface area contributed by atoms with E-state index in [1.165, 1.54) is 0 Å². The molecule has 0 fully saturated rings. The molecule has 4 aromatic rings. The average Bonchev–Trinajstić information content (AvgIpc) is 3.15. The van der Waals surface area contributed by atoms with Gasteiger partial charge in [0.1, 0.15) is 12.1 Å². The second-order valence-corrected chi connectivity index (χ2v) is 7.57. The zero-order valence-electron chi connectivity index (χ0n) is 16.8. The highest BCUT2D eigenvalue weighted by Gasteiger charge is 2.20. The van der Waals surface area contributed by atoms with E-state index in [1.807, 2.05) is 30.3 Å². The number of fused-ring (bicyclic) bond motifs is 1. The number of halogens is 1. The van der Waals surface area contributed by atoms with Gasteiger partial charge in [-0.2, -0.15) is 0 Å². The van der Waals surface area contributed by atoms with E-state index < -0.39 is 0 Å². The summed E-state index contributed by atoms with van der Waals surface area (Å²) in [7, 11) is 0. The molecule has 0 saturated heterocycles. The van der Waals surface area contributed by atoms with Crippen molar-refractivity contribution in [2.45, 2.75) is 26.7 Å². The van der Waals surface area contributed by atoms with Crippen LogP contribution in [0.15, 0.2) is 67.1 Å². The number of rotatable bonds is 7. The van der Waals surface area contributed by atoms with Gasteiger partial charge in [0.15, 0.2) is 5.65 Å². The van der Waals surface area contributed by atoms with Crippen LogP contribution >= 0.6 is 11.6 Å². The molecular formula is C24H25ClN4. The van der Waals surface area contributed by atoms with Gasteiger partial charge in [0.25, 0.3) is 0 Å². The van der Waals surface area contributed by atoms with Crippen molar-refractivity contribution in [2.75, 3.05) is 18.0 Å². The fourth-order valence-electron chi connectivity index (χ4n) is 3.78. The molecule has 2 aromatic carbocycles. The highest BCUT2D eigenvalue weighted by molar-refractivity contribution is 6.30. The van der Waals surface area contributed by atoms with Crippen molar-refractivity contribution in [3.8, 4) is 16.8 Å². The van der Waals surface area contributed by atoms with Crippen LogP contribution in [0.3, 0.4) is 0 Å². The molecule has 148 valence electrons. The first-order valence-electron chi connectivity index (χ1n) is 10.1.